The molecule has 30 heavy (non-hydrogen) atoms. The third-order valence-corrected chi connectivity index (χ3v) is 5.66. The molecule has 8 heteroatoms. The Morgan fingerprint density at radius 3 is 2.40 bits per heavy atom. The maximum atomic E-state index is 6.06. The zero-order chi connectivity index (χ0) is 21.1. The highest BCUT2D eigenvalue weighted by Crippen LogP contribution is 2.28. The van der Waals surface area contributed by atoms with Gasteiger partial charge in [0.25, 0.3) is 0 Å². The Labute approximate surface area is 184 Å². The third kappa shape index (κ3) is 4.74. The molecule has 0 saturated carbocycles. The fraction of sp³-hybridized carbons (Fsp3) is 0.273. The average Bonchev–Trinajstić information content (AvgIpc) is 3.35. The highest BCUT2D eigenvalue weighted by Gasteiger charge is 2.22. The van der Waals surface area contributed by atoms with Crippen LogP contribution in [0.2, 0.25) is 5.02 Å². The molecule has 0 aliphatic carbocycles. The highest BCUT2D eigenvalue weighted by atomic mass is 35.5. The van der Waals surface area contributed by atoms with E-state index in [1.165, 1.54) is 5.56 Å². The van der Waals surface area contributed by atoms with E-state index in [9.17, 15) is 0 Å². The second-order valence-electron chi connectivity index (χ2n) is 7.94. The van der Waals surface area contributed by atoms with Crippen molar-refractivity contribution in [3.8, 4) is 11.4 Å². The van der Waals surface area contributed by atoms with Crippen LogP contribution >= 0.6 is 23.4 Å². The third-order valence-electron chi connectivity index (χ3n) is 4.44. The van der Waals surface area contributed by atoms with Crippen LogP contribution in [0.4, 0.5) is 0 Å². The fourth-order valence-corrected chi connectivity index (χ4v) is 3.77. The summed E-state index contributed by atoms with van der Waals surface area (Å²) in [7, 11) is 0. The molecule has 154 valence electrons. The molecule has 0 N–H and O–H groups in total. The van der Waals surface area contributed by atoms with Crippen molar-refractivity contribution in [1.29, 1.82) is 0 Å². The van der Waals surface area contributed by atoms with E-state index in [0.29, 0.717) is 29.0 Å². The van der Waals surface area contributed by atoms with E-state index in [-0.39, 0.29) is 5.41 Å². The first-order valence-corrected chi connectivity index (χ1v) is 11.0. The molecule has 0 aliphatic heterocycles. The normalized spacial score (nSPS) is 11.7. The van der Waals surface area contributed by atoms with Gasteiger partial charge in [0.05, 0.1) is 12.3 Å². The molecule has 0 aliphatic rings. The lowest BCUT2D eigenvalue weighted by atomic mass is 9.97. The summed E-state index contributed by atoms with van der Waals surface area (Å²) in [5.41, 5.74) is 1.96. The summed E-state index contributed by atoms with van der Waals surface area (Å²) in [4.78, 5) is 4.51. The summed E-state index contributed by atoms with van der Waals surface area (Å²) in [5.74, 6) is 2.62. The van der Waals surface area contributed by atoms with Crippen molar-refractivity contribution in [3.05, 3.63) is 76.9 Å². The topological polar surface area (TPSA) is 69.6 Å². The van der Waals surface area contributed by atoms with Crippen LogP contribution in [0.5, 0.6) is 0 Å². The quantitative estimate of drug-likeness (QED) is 0.363. The largest absolute Gasteiger partial charge is 0.339 e. The van der Waals surface area contributed by atoms with Gasteiger partial charge in [-0.3, -0.25) is 4.57 Å². The second-order valence-corrected chi connectivity index (χ2v) is 9.32. The first kappa shape index (κ1) is 20.6. The Kier molecular flexibility index (Phi) is 5.92. The van der Waals surface area contributed by atoms with E-state index >= 15 is 0 Å². The minimum absolute atomic E-state index is 0.176. The van der Waals surface area contributed by atoms with Crippen LogP contribution in [-0.2, 0) is 17.7 Å². The number of rotatable bonds is 6. The lowest BCUT2D eigenvalue weighted by Crippen LogP contribution is -2.11. The maximum absolute atomic E-state index is 6.06. The molecule has 0 bridgehead atoms. The number of hydrogen-bond acceptors (Lipinski definition) is 6. The molecule has 2 heterocycles. The van der Waals surface area contributed by atoms with Crippen molar-refractivity contribution in [3.63, 3.8) is 0 Å². The molecular weight excluding hydrogens is 418 g/mol. The molecule has 4 rings (SSSR count). The highest BCUT2D eigenvalue weighted by molar-refractivity contribution is 7.98. The first-order chi connectivity index (χ1) is 14.4. The van der Waals surface area contributed by atoms with Crippen LogP contribution < -0.4 is 0 Å². The van der Waals surface area contributed by atoms with Crippen LogP contribution in [0.25, 0.3) is 11.4 Å². The molecule has 4 aromatic rings. The summed E-state index contributed by atoms with van der Waals surface area (Å²) in [6.45, 7) is 6.80. The van der Waals surface area contributed by atoms with Crippen molar-refractivity contribution in [1.82, 2.24) is 24.9 Å². The van der Waals surface area contributed by atoms with Gasteiger partial charge in [-0.15, -0.1) is 10.2 Å². The summed E-state index contributed by atoms with van der Waals surface area (Å²) in [5, 5.41) is 14.5. The Balaban J connectivity index is 1.62. The van der Waals surface area contributed by atoms with Gasteiger partial charge in [-0.2, -0.15) is 4.98 Å². The van der Waals surface area contributed by atoms with Gasteiger partial charge in [0, 0.05) is 16.0 Å². The van der Waals surface area contributed by atoms with Gasteiger partial charge in [-0.1, -0.05) is 79.6 Å². The van der Waals surface area contributed by atoms with E-state index < -0.39 is 0 Å². The molecule has 2 aromatic carbocycles. The van der Waals surface area contributed by atoms with Gasteiger partial charge in [-0.25, -0.2) is 0 Å². The number of halogens is 1. The monoisotopic (exact) mass is 439 g/mol. The molecule has 0 spiro atoms. The zero-order valence-corrected chi connectivity index (χ0v) is 18.6. The Morgan fingerprint density at radius 1 is 1.00 bits per heavy atom. The summed E-state index contributed by atoms with van der Waals surface area (Å²) in [6.07, 6.45) is 0. The predicted molar refractivity (Wildman–Crippen MR) is 119 cm³/mol. The first-order valence-electron chi connectivity index (χ1n) is 9.59. The van der Waals surface area contributed by atoms with Crippen LogP contribution in [0, 0.1) is 0 Å². The predicted octanol–water partition coefficient (Wildman–Crippen LogP) is 5.62. The number of aromatic nitrogens is 5. The summed E-state index contributed by atoms with van der Waals surface area (Å²) < 4.78 is 7.50. The molecule has 0 radical (unpaired) electrons. The summed E-state index contributed by atoms with van der Waals surface area (Å²) in [6, 6.07) is 17.9. The Hall–Kier alpha value is -2.64. The van der Waals surface area contributed by atoms with E-state index in [4.69, 9.17) is 16.1 Å². The van der Waals surface area contributed by atoms with Crippen molar-refractivity contribution in [2.24, 2.45) is 0 Å². The van der Waals surface area contributed by atoms with E-state index in [0.717, 1.165) is 16.5 Å². The van der Waals surface area contributed by atoms with Crippen LogP contribution in [0.15, 0.2) is 64.3 Å². The van der Waals surface area contributed by atoms with E-state index in [1.807, 2.05) is 63.2 Å². The second kappa shape index (κ2) is 8.62. The molecule has 0 amide bonds. The molecule has 0 fully saturated rings. The minimum atomic E-state index is -0.176. The van der Waals surface area contributed by atoms with E-state index in [1.54, 1.807) is 11.8 Å². The van der Waals surface area contributed by atoms with Crippen LogP contribution in [0.3, 0.4) is 0 Å². The van der Waals surface area contributed by atoms with Gasteiger partial charge in [0.2, 0.25) is 5.89 Å². The molecule has 0 atom stereocenters. The van der Waals surface area contributed by atoms with Crippen molar-refractivity contribution < 1.29 is 4.52 Å². The molecule has 0 saturated heterocycles. The molecule has 2 aromatic heterocycles. The van der Waals surface area contributed by atoms with Crippen molar-refractivity contribution >= 4 is 23.4 Å². The smallest absolute Gasteiger partial charge is 0.232 e. The van der Waals surface area contributed by atoms with Gasteiger partial charge >= 0.3 is 0 Å². The average molecular weight is 440 g/mol. The van der Waals surface area contributed by atoms with Gasteiger partial charge in [0.15, 0.2) is 16.8 Å². The zero-order valence-electron chi connectivity index (χ0n) is 17.0. The standard InChI is InChI=1S/C22H22ClN5OS/c1-22(2,3)20-24-18(27-29-20)14-30-21-26-25-19(16-9-11-17(23)12-10-16)28(21)13-15-7-5-4-6-8-15/h4-12H,13-14H2,1-3H3. The van der Waals surface area contributed by atoms with Crippen molar-refractivity contribution in [2.75, 3.05) is 0 Å². The van der Waals surface area contributed by atoms with Crippen LogP contribution in [-0.4, -0.2) is 24.9 Å². The lowest BCUT2D eigenvalue weighted by molar-refractivity contribution is 0.319. The minimum Gasteiger partial charge on any atom is -0.339 e. The number of nitrogens with zero attached hydrogens (tertiary/aromatic N) is 5. The number of hydrogen-bond donors (Lipinski definition) is 0. The number of thioether (sulfide) groups is 1. The van der Waals surface area contributed by atoms with Gasteiger partial charge < -0.3 is 4.52 Å². The fourth-order valence-electron chi connectivity index (χ4n) is 2.86. The molecule has 6 nitrogen and oxygen atoms in total. The van der Waals surface area contributed by atoms with Gasteiger partial charge in [-0.05, 0) is 29.8 Å². The molecule has 0 unspecified atom stereocenters. The van der Waals surface area contributed by atoms with Crippen molar-refractivity contribution in [2.45, 2.75) is 43.6 Å². The summed E-state index contributed by atoms with van der Waals surface area (Å²) >= 11 is 7.60. The number of benzene rings is 2. The van der Waals surface area contributed by atoms with Crippen LogP contribution in [0.1, 0.15) is 38.0 Å². The Bertz CT molecular complexity index is 1120. The molecular formula is C22H22ClN5OS. The lowest BCUT2D eigenvalue weighted by Gasteiger charge is -2.10. The maximum Gasteiger partial charge on any atom is 0.232 e. The van der Waals surface area contributed by atoms with Gasteiger partial charge in [0.1, 0.15) is 0 Å². The Morgan fingerprint density at radius 2 is 1.73 bits per heavy atom. The SMILES string of the molecule is CC(C)(C)c1nc(CSc2nnc(-c3ccc(Cl)cc3)n2Cc2ccccc2)no1. The van der Waals surface area contributed by atoms with E-state index in [2.05, 4.69) is 37.0 Å².